The summed E-state index contributed by atoms with van der Waals surface area (Å²) in [5, 5.41) is 10.9. The smallest absolute Gasteiger partial charge is 0.216 e. The van der Waals surface area contributed by atoms with Gasteiger partial charge in [-0.1, -0.05) is 24.8 Å². The van der Waals surface area contributed by atoms with Crippen molar-refractivity contribution in [2.75, 3.05) is 6.61 Å². The van der Waals surface area contributed by atoms with Crippen molar-refractivity contribution in [2.24, 2.45) is 5.10 Å². The zero-order valence-electron chi connectivity index (χ0n) is 10.5. The zero-order chi connectivity index (χ0) is 13.7. The van der Waals surface area contributed by atoms with Crippen LogP contribution in [-0.4, -0.2) is 27.7 Å². The van der Waals surface area contributed by atoms with E-state index < -0.39 is 0 Å². The van der Waals surface area contributed by atoms with Gasteiger partial charge in [-0.05, 0) is 36.8 Å². The monoisotopic (exact) mass is 274 g/mol. The first-order valence-electron chi connectivity index (χ1n) is 5.73. The Balaban J connectivity index is 2.19. The van der Waals surface area contributed by atoms with Crippen LogP contribution < -0.4 is 4.74 Å². The number of nitrogens with one attached hydrogen (secondary N) is 1. The minimum Gasteiger partial charge on any atom is -0.490 e. The lowest BCUT2D eigenvalue weighted by Crippen LogP contribution is -1.95. The fraction of sp³-hybridized carbons (Fsp3) is 0.154. The van der Waals surface area contributed by atoms with Crippen molar-refractivity contribution in [3.63, 3.8) is 0 Å². The number of aryl methyl sites for hydroxylation is 1. The Morgan fingerprint density at radius 1 is 1.58 bits per heavy atom. The van der Waals surface area contributed by atoms with Gasteiger partial charge in [0, 0.05) is 0 Å². The van der Waals surface area contributed by atoms with Crippen LogP contribution in [0.3, 0.4) is 0 Å². The highest BCUT2D eigenvalue weighted by Crippen LogP contribution is 2.12. The Labute approximate surface area is 116 Å². The predicted octanol–water partition coefficient (Wildman–Crippen LogP) is 2.70. The lowest BCUT2D eigenvalue weighted by atomic mass is 10.2. The summed E-state index contributed by atoms with van der Waals surface area (Å²) in [6, 6.07) is 7.62. The number of benzene rings is 1. The van der Waals surface area contributed by atoms with Gasteiger partial charge in [-0.15, -0.1) is 0 Å². The third kappa shape index (κ3) is 3.38. The summed E-state index contributed by atoms with van der Waals surface area (Å²) in [5.41, 5.74) is 0.920. The van der Waals surface area contributed by atoms with E-state index in [4.69, 9.17) is 17.0 Å². The maximum atomic E-state index is 5.45. The van der Waals surface area contributed by atoms with E-state index >= 15 is 0 Å². The Morgan fingerprint density at radius 2 is 2.42 bits per heavy atom. The summed E-state index contributed by atoms with van der Waals surface area (Å²) in [6.07, 6.45) is 3.41. The average molecular weight is 274 g/mol. The molecule has 0 aliphatic heterocycles. The molecule has 98 valence electrons. The Bertz CT molecular complexity index is 657. The number of nitrogens with zero attached hydrogens (tertiary/aromatic N) is 3. The molecular weight excluding hydrogens is 260 g/mol. The van der Waals surface area contributed by atoms with Crippen molar-refractivity contribution in [2.45, 2.75) is 6.92 Å². The van der Waals surface area contributed by atoms with Crippen LogP contribution in [0.5, 0.6) is 5.75 Å². The molecule has 2 rings (SSSR count). The molecule has 6 heteroatoms. The van der Waals surface area contributed by atoms with E-state index in [-0.39, 0.29) is 0 Å². The van der Waals surface area contributed by atoms with Crippen molar-refractivity contribution < 1.29 is 4.74 Å². The summed E-state index contributed by atoms with van der Waals surface area (Å²) < 4.78 is 7.48. The van der Waals surface area contributed by atoms with Crippen molar-refractivity contribution >= 4 is 18.4 Å². The van der Waals surface area contributed by atoms with Crippen molar-refractivity contribution in [1.29, 1.82) is 0 Å². The summed E-state index contributed by atoms with van der Waals surface area (Å²) in [7, 11) is 0. The van der Waals surface area contributed by atoms with E-state index in [1.54, 1.807) is 17.0 Å². The molecule has 1 N–H and O–H groups in total. The van der Waals surface area contributed by atoms with E-state index in [2.05, 4.69) is 21.9 Å². The third-order valence-corrected chi connectivity index (χ3v) is 2.62. The highest BCUT2D eigenvalue weighted by atomic mass is 32.1. The molecule has 0 saturated heterocycles. The fourth-order valence-electron chi connectivity index (χ4n) is 1.47. The van der Waals surface area contributed by atoms with Gasteiger partial charge in [-0.2, -0.15) is 14.9 Å². The van der Waals surface area contributed by atoms with E-state index in [0.717, 1.165) is 11.3 Å². The molecular formula is C13H14N4OS. The predicted molar refractivity (Wildman–Crippen MR) is 77.3 cm³/mol. The standard InChI is InChI=1S/C13H14N4OS/c1-3-7-18-12-6-4-5-11(8-12)9-14-17-10(2)15-16-13(17)19/h3-6,8-9H,1,7H2,2H3,(H,16,19)/b14-9-. The molecule has 0 amide bonds. The van der Waals surface area contributed by atoms with E-state index in [1.165, 1.54) is 0 Å². The maximum Gasteiger partial charge on any atom is 0.216 e. The number of hydrogen-bond donors (Lipinski definition) is 1. The molecule has 0 atom stereocenters. The topological polar surface area (TPSA) is 55.2 Å². The van der Waals surface area contributed by atoms with E-state index in [1.807, 2.05) is 31.2 Å². The van der Waals surface area contributed by atoms with Crippen LogP contribution in [-0.2, 0) is 0 Å². The summed E-state index contributed by atoms with van der Waals surface area (Å²) in [4.78, 5) is 0. The molecule has 1 aromatic heterocycles. The van der Waals surface area contributed by atoms with E-state index in [9.17, 15) is 0 Å². The minimum atomic E-state index is 0.466. The highest BCUT2D eigenvalue weighted by molar-refractivity contribution is 7.71. The molecule has 1 heterocycles. The molecule has 1 aromatic carbocycles. The van der Waals surface area contributed by atoms with Crippen LogP contribution in [0.25, 0.3) is 0 Å². The zero-order valence-corrected chi connectivity index (χ0v) is 11.4. The molecule has 0 bridgehead atoms. The van der Waals surface area contributed by atoms with Gasteiger partial charge in [-0.3, -0.25) is 5.10 Å². The van der Waals surface area contributed by atoms with Crippen molar-refractivity contribution in [3.8, 4) is 5.75 Å². The van der Waals surface area contributed by atoms with E-state index in [0.29, 0.717) is 17.2 Å². The molecule has 5 nitrogen and oxygen atoms in total. The molecule has 0 aliphatic carbocycles. The molecule has 0 aliphatic rings. The number of hydrogen-bond acceptors (Lipinski definition) is 4. The van der Waals surface area contributed by atoms with Gasteiger partial charge in [0.05, 0.1) is 6.21 Å². The Morgan fingerprint density at radius 3 is 3.11 bits per heavy atom. The molecule has 0 saturated carbocycles. The normalized spacial score (nSPS) is 10.8. The number of ether oxygens (including phenoxy) is 1. The number of rotatable bonds is 5. The summed E-state index contributed by atoms with van der Waals surface area (Å²) >= 11 is 5.07. The second-order valence-corrected chi connectivity index (χ2v) is 4.19. The fourth-order valence-corrected chi connectivity index (χ4v) is 1.70. The molecule has 0 radical (unpaired) electrons. The van der Waals surface area contributed by atoms with Crippen LogP contribution >= 0.6 is 12.2 Å². The van der Waals surface area contributed by atoms with Crippen molar-refractivity contribution in [1.82, 2.24) is 14.9 Å². The quantitative estimate of drug-likeness (QED) is 0.518. The van der Waals surface area contributed by atoms with Crippen LogP contribution in [0.4, 0.5) is 0 Å². The summed E-state index contributed by atoms with van der Waals surface area (Å²) in [6.45, 7) is 5.92. The van der Waals surface area contributed by atoms with Crippen LogP contribution in [0.1, 0.15) is 11.4 Å². The second-order valence-electron chi connectivity index (χ2n) is 3.80. The van der Waals surface area contributed by atoms with Gasteiger partial charge in [0.15, 0.2) is 0 Å². The molecule has 0 fully saturated rings. The number of H-pyrrole nitrogens is 1. The first kappa shape index (κ1) is 13.2. The van der Waals surface area contributed by atoms with Gasteiger partial charge in [0.25, 0.3) is 0 Å². The average Bonchev–Trinajstić information content (AvgIpc) is 2.74. The van der Waals surface area contributed by atoms with Gasteiger partial charge in [0.2, 0.25) is 4.77 Å². The second kappa shape index (κ2) is 6.10. The minimum absolute atomic E-state index is 0.466. The number of aromatic amines is 1. The van der Waals surface area contributed by atoms with Gasteiger partial charge in [0.1, 0.15) is 18.2 Å². The highest BCUT2D eigenvalue weighted by Gasteiger charge is 1.98. The van der Waals surface area contributed by atoms with Gasteiger partial charge < -0.3 is 4.74 Å². The molecule has 0 unspecified atom stereocenters. The lowest BCUT2D eigenvalue weighted by molar-refractivity contribution is 0.363. The largest absolute Gasteiger partial charge is 0.490 e. The number of aromatic nitrogens is 3. The van der Waals surface area contributed by atoms with Crippen LogP contribution in [0.15, 0.2) is 42.0 Å². The molecule has 2 aromatic rings. The maximum absolute atomic E-state index is 5.45. The molecule has 19 heavy (non-hydrogen) atoms. The first-order chi connectivity index (χ1) is 9.20. The first-order valence-corrected chi connectivity index (χ1v) is 6.13. The Kier molecular flexibility index (Phi) is 4.25. The van der Waals surface area contributed by atoms with Gasteiger partial charge >= 0.3 is 0 Å². The van der Waals surface area contributed by atoms with Crippen molar-refractivity contribution in [3.05, 3.63) is 53.1 Å². The van der Waals surface area contributed by atoms with Crippen LogP contribution in [0, 0.1) is 11.7 Å². The lowest BCUT2D eigenvalue weighted by Gasteiger charge is -2.03. The SMILES string of the molecule is C=CCOc1cccc(/C=N\n2c(C)n[nH]c2=S)c1. The summed E-state index contributed by atoms with van der Waals surface area (Å²) in [5.74, 6) is 1.48. The third-order valence-electron chi connectivity index (χ3n) is 2.36. The Hall–Kier alpha value is -2.21. The molecule has 0 spiro atoms. The van der Waals surface area contributed by atoms with Crippen LogP contribution in [0.2, 0.25) is 0 Å². The van der Waals surface area contributed by atoms with Gasteiger partial charge in [-0.25, -0.2) is 0 Å².